The average Bonchev–Trinajstić information content (AvgIpc) is 3.35. The van der Waals surface area contributed by atoms with Gasteiger partial charge in [-0.1, -0.05) is 18.2 Å². The molecule has 0 atom stereocenters. The van der Waals surface area contributed by atoms with Crippen molar-refractivity contribution in [1.82, 2.24) is 4.98 Å². The number of anilines is 1. The molecule has 5 heteroatoms. The number of ether oxygens (including phenoxy) is 2. The number of fused-ring (bicyclic) bond motifs is 2. The highest BCUT2D eigenvalue weighted by molar-refractivity contribution is 6.04. The molecule has 0 spiro atoms. The summed E-state index contributed by atoms with van der Waals surface area (Å²) in [6.07, 6.45) is 3.71. The van der Waals surface area contributed by atoms with E-state index in [0.717, 1.165) is 40.7 Å². The molecular formula is C20H18N2O3. The summed E-state index contributed by atoms with van der Waals surface area (Å²) in [5, 5.41) is 4.18. The molecule has 2 N–H and O–H groups in total. The van der Waals surface area contributed by atoms with Crippen molar-refractivity contribution in [1.29, 1.82) is 0 Å². The van der Waals surface area contributed by atoms with Crippen LogP contribution in [0.2, 0.25) is 0 Å². The van der Waals surface area contributed by atoms with Crippen molar-refractivity contribution in [3.05, 3.63) is 54.2 Å². The Bertz CT molecular complexity index is 972. The Morgan fingerprint density at radius 2 is 1.84 bits per heavy atom. The summed E-state index contributed by atoms with van der Waals surface area (Å²) < 4.78 is 11.1. The molecule has 5 rings (SSSR count). The van der Waals surface area contributed by atoms with Gasteiger partial charge in [-0.15, -0.1) is 0 Å². The van der Waals surface area contributed by atoms with Gasteiger partial charge in [-0.05, 0) is 36.6 Å². The summed E-state index contributed by atoms with van der Waals surface area (Å²) in [7, 11) is 0. The lowest BCUT2D eigenvalue weighted by Crippen LogP contribution is -2.27. The molecule has 1 aliphatic heterocycles. The normalized spacial score (nSPS) is 17.3. The molecule has 0 unspecified atom stereocenters. The first-order valence-electron chi connectivity index (χ1n) is 8.54. The SMILES string of the molecule is O=C(Nc1ccc2c(c1)OCCO2)C1(c2c[nH]c3ccccc23)CC1. The van der Waals surface area contributed by atoms with Crippen LogP contribution in [0.3, 0.4) is 0 Å². The van der Waals surface area contributed by atoms with E-state index in [2.05, 4.69) is 16.4 Å². The van der Waals surface area contributed by atoms with Gasteiger partial charge < -0.3 is 19.8 Å². The Hall–Kier alpha value is -2.95. The largest absolute Gasteiger partial charge is 0.486 e. The zero-order valence-electron chi connectivity index (χ0n) is 13.7. The van der Waals surface area contributed by atoms with Gasteiger partial charge in [0, 0.05) is 28.9 Å². The first-order valence-corrected chi connectivity index (χ1v) is 8.54. The van der Waals surface area contributed by atoms with Gasteiger partial charge in [0.15, 0.2) is 11.5 Å². The monoisotopic (exact) mass is 334 g/mol. The number of carbonyl (C=O) groups excluding carboxylic acids is 1. The standard InChI is InChI=1S/C20H18N2O3/c23-19(22-13-5-6-17-18(11-13)25-10-9-24-17)20(7-8-20)15-12-21-16-4-2-1-3-14(15)16/h1-6,11-12,21H,7-10H2,(H,22,23). The van der Waals surface area contributed by atoms with Crippen LogP contribution in [0.1, 0.15) is 18.4 Å². The second kappa shape index (κ2) is 5.28. The molecule has 3 aromatic rings. The van der Waals surface area contributed by atoms with E-state index in [4.69, 9.17) is 9.47 Å². The van der Waals surface area contributed by atoms with E-state index >= 15 is 0 Å². The van der Waals surface area contributed by atoms with Crippen molar-refractivity contribution in [3.8, 4) is 11.5 Å². The Balaban J connectivity index is 1.44. The fourth-order valence-electron chi connectivity index (χ4n) is 3.58. The lowest BCUT2D eigenvalue weighted by Gasteiger charge is -2.20. The molecule has 25 heavy (non-hydrogen) atoms. The van der Waals surface area contributed by atoms with Crippen LogP contribution in [-0.4, -0.2) is 24.1 Å². The maximum absolute atomic E-state index is 13.0. The van der Waals surface area contributed by atoms with Crippen LogP contribution in [0.25, 0.3) is 10.9 Å². The zero-order valence-corrected chi connectivity index (χ0v) is 13.7. The molecule has 1 saturated carbocycles. The van der Waals surface area contributed by atoms with Gasteiger partial charge in [0.2, 0.25) is 5.91 Å². The van der Waals surface area contributed by atoms with Gasteiger partial charge in [-0.2, -0.15) is 0 Å². The van der Waals surface area contributed by atoms with Gasteiger partial charge in [-0.25, -0.2) is 0 Å². The third kappa shape index (κ3) is 2.27. The van der Waals surface area contributed by atoms with Crippen LogP contribution in [0.5, 0.6) is 11.5 Å². The number of hydrogen-bond acceptors (Lipinski definition) is 3. The fraction of sp³-hybridized carbons (Fsp3) is 0.250. The summed E-state index contributed by atoms with van der Waals surface area (Å²) >= 11 is 0. The number of H-pyrrole nitrogens is 1. The van der Waals surface area contributed by atoms with Gasteiger partial charge in [-0.3, -0.25) is 4.79 Å². The molecule has 2 aromatic carbocycles. The predicted molar refractivity (Wildman–Crippen MR) is 95.3 cm³/mol. The van der Waals surface area contributed by atoms with Crippen molar-refractivity contribution >= 4 is 22.5 Å². The summed E-state index contributed by atoms with van der Waals surface area (Å²) in [5.41, 5.74) is 2.45. The number of rotatable bonds is 3. The second-order valence-corrected chi connectivity index (χ2v) is 6.64. The first kappa shape index (κ1) is 14.4. The van der Waals surface area contributed by atoms with E-state index in [9.17, 15) is 4.79 Å². The molecule has 0 radical (unpaired) electrons. The van der Waals surface area contributed by atoms with Gasteiger partial charge in [0.1, 0.15) is 13.2 Å². The Kier molecular flexibility index (Phi) is 3.04. The topological polar surface area (TPSA) is 63.4 Å². The Morgan fingerprint density at radius 3 is 2.68 bits per heavy atom. The molecule has 1 aromatic heterocycles. The van der Waals surface area contributed by atoms with Crippen LogP contribution in [-0.2, 0) is 10.2 Å². The maximum Gasteiger partial charge on any atom is 0.235 e. The number of carbonyl (C=O) groups is 1. The number of hydrogen-bond donors (Lipinski definition) is 2. The van der Waals surface area contributed by atoms with Crippen LogP contribution in [0, 0.1) is 0 Å². The van der Waals surface area contributed by atoms with Crippen LogP contribution >= 0.6 is 0 Å². The lowest BCUT2D eigenvalue weighted by molar-refractivity contribution is -0.118. The fourth-order valence-corrected chi connectivity index (χ4v) is 3.58. The molecule has 1 fully saturated rings. The third-order valence-corrected chi connectivity index (χ3v) is 5.09. The van der Waals surface area contributed by atoms with Crippen LogP contribution in [0.4, 0.5) is 5.69 Å². The summed E-state index contributed by atoms with van der Waals surface area (Å²) in [6, 6.07) is 13.6. The molecular weight excluding hydrogens is 316 g/mol. The smallest absolute Gasteiger partial charge is 0.235 e. The quantitative estimate of drug-likeness (QED) is 0.769. The minimum absolute atomic E-state index is 0.0360. The molecule has 2 heterocycles. The lowest BCUT2D eigenvalue weighted by atomic mass is 9.94. The van der Waals surface area contributed by atoms with Crippen molar-refractivity contribution < 1.29 is 14.3 Å². The number of benzene rings is 2. The van der Waals surface area contributed by atoms with Gasteiger partial charge >= 0.3 is 0 Å². The predicted octanol–water partition coefficient (Wildman–Crippen LogP) is 3.61. The van der Waals surface area contributed by atoms with E-state index in [1.54, 1.807) is 0 Å². The number of nitrogens with one attached hydrogen (secondary N) is 2. The average molecular weight is 334 g/mol. The first-order chi connectivity index (χ1) is 12.3. The molecule has 126 valence electrons. The zero-order chi connectivity index (χ0) is 16.9. The van der Waals surface area contributed by atoms with Crippen LogP contribution in [0.15, 0.2) is 48.7 Å². The summed E-state index contributed by atoms with van der Waals surface area (Å²) in [6.45, 7) is 1.09. The van der Waals surface area contributed by atoms with Crippen LogP contribution < -0.4 is 14.8 Å². The highest BCUT2D eigenvalue weighted by atomic mass is 16.6. The van der Waals surface area contributed by atoms with Crippen molar-refractivity contribution in [3.63, 3.8) is 0 Å². The molecule has 2 aliphatic rings. The molecule has 0 saturated heterocycles. The summed E-state index contributed by atoms with van der Waals surface area (Å²) in [4.78, 5) is 16.3. The third-order valence-electron chi connectivity index (χ3n) is 5.09. The number of aromatic nitrogens is 1. The summed E-state index contributed by atoms with van der Waals surface area (Å²) in [5.74, 6) is 1.44. The minimum Gasteiger partial charge on any atom is -0.486 e. The molecule has 5 nitrogen and oxygen atoms in total. The second-order valence-electron chi connectivity index (χ2n) is 6.64. The van der Waals surface area contributed by atoms with E-state index in [-0.39, 0.29) is 5.91 Å². The van der Waals surface area contributed by atoms with E-state index in [1.165, 1.54) is 0 Å². The Labute approximate surface area is 144 Å². The van der Waals surface area contributed by atoms with Gasteiger partial charge in [0.05, 0.1) is 5.41 Å². The van der Waals surface area contributed by atoms with E-state index in [1.807, 2.05) is 42.6 Å². The highest BCUT2D eigenvalue weighted by Gasteiger charge is 2.52. The van der Waals surface area contributed by atoms with Crippen molar-refractivity contribution in [2.24, 2.45) is 0 Å². The molecule has 1 amide bonds. The number of amides is 1. The number of aromatic amines is 1. The van der Waals surface area contributed by atoms with E-state index in [0.29, 0.717) is 19.0 Å². The maximum atomic E-state index is 13.0. The van der Waals surface area contributed by atoms with Gasteiger partial charge in [0.25, 0.3) is 0 Å². The molecule has 1 aliphatic carbocycles. The van der Waals surface area contributed by atoms with E-state index < -0.39 is 5.41 Å². The Morgan fingerprint density at radius 1 is 1.04 bits per heavy atom. The van der Waals surface area contributed by atoms with Crippen molar-refractivity contribution in [2.75, 3.05) is 18.5 Å². The highest BCUT2D eigenvalue weighted by Crippen LogP contribution is 2.51. The number of para-hydroxylation sites is 1. The van der Waals surface area contributed by atoms with Crippen molar-refractivity contribution in [2.45, 2.75) is 18.3 Å². The molecule has 0 bridgehead atoms. The minimum atomic E-state index is -0.438.